The van der Waals surface area contributed by atoms with E-state index in [4.69, 9.17) is 37.0 Å². The Labute approximate surface area is 231 Å². The van der Waals surface area contributed by atoms with Crippen LogP contribution < -0.4 is 33.2 Å². The lowest BCUT2D eigenvalue weighted by atomic mass is 10.1. The molecule has 0 aliphatic carbocycles. The summed E-state index contributed by atoms with van der Waals surface area (Å²) in [7, 11) is 0. The maximum atomic E-state index is 12.7. The number of aliphatic carboxylic acids is 2. The largest absolute Gasteiger partial charge is 0.490 e. The van der Waals surface area contributed by atoms with Crippen molar-refractivity contribution in [1.29, 1.82) is 0 Å². The summed E-state index contributed by atoms with van der Waals surface area (Å²) in [5.41, 5.74) is 16.1. The van der Waals surface area contributed by atoms with E-state index in [1.165, 1.54) is 6.92 Å². The summed E-state index contributed by atoms with van der Waals surface area (Å²) in [5.74, 6) is -6.76. The summed E-state index contributed by atoms with van der Waals surface area (Å²) in [6.07, 6.45) is -6.35. The van der Waals surface area contributed by atoms with Gasteiger partial charge in [-0.1, -0.05) is 6.92 Å². The maximum absolute atomic E-state index is 12.7. The first kappa shape index (κ1) is 41.8. The van der Waals surface area contributed by atoms with Crippen LogP contribution in [0.1, 0.15) is 52.4 Å². The molecule has 0 heterocycles. The highest BCUT2D eigenvalue weighted by atomic mass is 19.4. The quantitative estimate of drug-likeness (QED) is 0.0558. The van der Waals surface area contributed by atoms with Crippen molar-refractivity contribution < 1.29 is 60.5 Å². The molecular weight excluding hydrogens is 576 g/mol. The van der Waals surface area contributed by atoms with Crippen LogP contribution in [0.4, 0.5) is 26.3 Å². The molecule has 0 radical (unpaired) electrons. The fourth-order valence-electron chi connectivity index (χ4n) is 2.44. The van der Waals surface area contributed by atoms with Crippen LogP contribution in [0.2, 0.25) is 0 Å². The van der Waals surface area contributed by atoms with Crippen LogP contribution in [0.25, 0.3) is 0 Å². The first-order valence-electron chi connectivity index (χ1n) is 11.9. The van der Waals surface area contributed by atoms with Gasteiger partial charge in [0.15, 0.2) is 5.96 Å². The van der Waals surface area contributed by atoms with E-state index in [0.29, 0.717) is 45.3 Å². The average molecular weight is 614 g/mol. The van der Waals surface area contributed by atoms with E-state index >= 15 is 0 Å². The number of hydrogen-bond donors (Lipinski definition) is 8. The summed E-state index contributed by atoms with van der Waals surface area (Å²) >= 11 is 0. The van der Waals surface area contributed by atoms with Gasteiger partial charge in [-0.05, 0) is 51.6 Å². The van der Waals surface area contributed by atoms with Gasteiger partial charge in [-0.25, -0.2) is 9.59 Å². The number of carbonyl (C=O) groups excluding carboxylic acids is 3. The Hall–Kier alpha value is -3.68. The number of carboxylic acid groups (broad SMARTS) is 2. The molecule has 3 amide bonds. The first-order valence-corrected chi connectivity index (χ1v) is 11.9. The van der Waals surface area contributed by atoms with Gasteiger partial charge in [-0.2, -0.15) is 26.3 Å². The summed E-state index contributed by atoms with van der Waals surface area (Å²) in [4.78, 5) is 57.7. The van der Waals surface area contributed by atoms with Crippen molar-refractivity contribution in [1.82, 2.24) is 16.0 Å². The predicted octanol–water partition coefficient (Wildman–Crippen LogP) is -0.0487. The van der Waals surface area contributed by atoms with E-state index in [1.54, 1.807) is 0 Å². The number of alkyl halides is 6. The SMILES string of the molecule is CCCN[C@@H](CCCN=C(N)N)C(=O)N[C@@H](CCCCN)C(=O)NC(C)=O.O=C(O)C(F)(F)F.O=C(O)C(F)(F)F. The molecule has 11 N–H and O–H groups in total. The zero-order chi connectivity index (χ0) is 32.8. The minimum Gasteiger partial charge on any atom is -0.475 e. The highest BCUT2D eigenvalue weighted by molar-refractivity contribution is 5.98. The van der Waals surface area contributed by atoms with Crippen LogP contribution in [-0.2, 0) is 24.0 Å². The Kier molecular flexibility index (Phi) is 22.5. The number of guanidine groups is 1. The van der Waals surface area contributed by atoms with E-state index < -0.39 is 48.2 Å². The van der Waals surface area contributed by atoms with Crippen molar-refractivity contribution in [2.45, 2.75) is 76.8 Å². The number of carbonyl (C=O) groups is 5. The van der Waals surface area contributed by atoms with Crippen molar-refractivity contribution >= 4 is 35.6 Å². The fraction of sp³-hybridized carbons (Fsp3) is 0.714. The van der Waals surface area contributed by atoms with Gasteiger partial charge in [0, 0.05) is 13.5 Å². The van der Waals surface area contributed by atoms with Gasteiger partial charge >= 0.3 is 24.3 Å². The van der Waals surface area contributed by atoms with Crippen molar-refractivity contribution in [2.75, 3.05) is 19.6 Å². The molecule has 0 aromatic heterocycles. The molecule has 0 aromatic rings. The second-order valence-electron chi connectivity index (χ2n) is 7.95. The Balaban J connectivity index is -0.000000840. The van der Waals surface area contributed by atoms with E-state index in [2.05, 4.69) is 20.9 Å². The topological polar surface area (TPSA) is 252 Å². The number of nitrogens with zero attached hydrogens (tertiary/aromatic N) is 1. The smallest absolute Gasteiger partial charge is 0.475 e. The predicted molar refractivity (Wildman–Crippen MR) is 133 cm³/mol. The number of imide groups is 1. The third-order valence-electron chi connectivity index (χ3n) is 4.27. The van der Waals surface area contributed by atoms with Gasteiger partial charge in [0.2, 0.25) is 17.7 Å². The number of halogens is 6. The molecule has 0 aliphatic heterocycles. The molecule has 0 unspecified atom stereocenters. The van der Waals surface area contributed by atoms with Gasteiger partial charge in [0.25, 0.3) is 0 Å². The molecule has 0 bridgehead atoms. The number of nitrogens with one attached hydrogen (secondary N) is 3. The second kappa shape index (κ2) is 22.1. The molecule has 0 aromatic carbocycles. The van der Waals surface area contributed by atoms with E-state index in [0.717, 1.165) is 12.8 Å². The number of hydrogen-bond acceptors (Lipinski definition) is 8. The monoisotopic (exact) mass is 613 g/mol. The van der Waals surface area contributed by atoms with Gasteiger partial charge in [-0.15, -0.1) is 0 Å². The summed E-state index contributed by atoms with van der Waals surface area (Å²) in [5, 5.41) is 22.4. The van der Waals surface area contributed by atoms with E-state index in [9.17, 15) is 40.7 Å². The zero-order valence-electron chi connectivity index (χ0n) is 22.4. The number of unbranched alkanes of at least 4 members (excludes halogenated alkanes) is 1. The highest BCUT2D eigenvalue weighted by Gasteiger charge is 2.38. The Morgan fingerprint density at radius 2 is 1.29 bits per heavy atom. The third-order valence-corrected chi connectivity index (χ3v) is 4.27. The molecule has 240 valence electrons. The standard InChI is InChI=1S/C17H35N7O3.2C2HF3O2/c1-3-10-21-13(8-6-11-22-17(19)20)15(26)24-14(7-4-5-9-18)16(27)23-12(2)25;2*3-2(4,5)1(6)7/h13-14,21H,3-11,18H2,1-2H3,(H,24,26)(H4,19,20,22)(H,23,25,27);2*(H,6,7)/t13-,14-;;/m0../s1. The van der Waals surface area contributed by atoms with Crippen LogP contribution in [0.3, 0.4) is 0 Å². The van der Waals surface area contributed by atoms with Crippen molar-refractivity contribution in [3.63, 3.8) is 0 Å². The number of nitrogens with two attached hydrogens (primary N) is 3. The van der Waals surface area contributed by atoms with Gasteiger partial charge in [0.1, 0.15) is 6.04 Å². The molecule has 2 atom stereocenters. The molecule has 41 heavy (non-hydrogen) atoms. The minimum absolute atomic E-state index is 0.0124. The number of rotatable bonds is 14. The average Bonchev–Trinajstić information content (AvgIpc) is 2.81. The van der Waals surface area contributed by atoms with Crippen molar-refractivity contribution in [3.8, 4) is 0 Å². The first-order chi connectivity index (χ1) is 18.7. The van der Waals surface area contributed by atoms with Gasteiger partial charge in [-0.3, -0.25) is 24.7 Å². The summed E-state index contributed by atoms with van der Waals surface area (Å²) < 4.78 is 63.5. The van der Waals surface area contributed by atoms with Crippen LogP contribution in [-0.4, -0.2) is 89.9 Å². The van der Waals surface area contributed by atoms with Crippen molar-refractivity contribution in [2.24, 2.45) is 22.2 Å². The number of carboxylic acids is 2. The van der Waals surface area contributed by atoms with Crippen LogP contribution in [0, 0.1) is 0 Å². The Bertz CT molecular complexity index is 827. The molecule has 0 saturated carbocycles. The molecule has 0 aliphatic rings. The fourth-order valence-corrected chi connectivity index (χ4v) is 2.44. The minimum atomic E-state index is -5.08. The summed E-state index contributed by atoms with van der Waals surface area (Å²) in [6.45, 7) is 4.84. The normalized spacial score (nSPS) is 12.2. The van der Waals surface area contributed by atoms with Gasteiger partial charge in [0.05, 0.1) is 6.04 Å². The lowest BCUT2D eigenvalue weighted by molar-refractivity contribution is -0.193. The van der Waals surface area contributed by atoms with Crippen LogP contribution in [0.15, 0.2) is 4.99 Å². The van der Waals surface area contributed by atoms with Crippen molar-refractivity contribution in [3.05, 3.63) is 0 Å². The zero-order valence-corrected chi connectivity index (χ0v) is 22.4. The lowest BCUT2D eigenvalue weighted by Gasteiger charge is -2.22. The third kappa shape index (κ3) is 26.3. The highest BCUT2D eigenvalue weighted by Crippen LogP contribution is 2.13. The lowest BCUT2D eigenvalue weighted by Crippen LogP contribution is -2.53. The van der Waals surface area contributed by atoms with Gasteiger partial charge < -0.3 is 38.0 Å². The molecule has 0 spiro atoms. The molecule has 0 fully saturated rings. The Morgan fingerprint density at radius 1 is 0.829 bits per heavy atom. The molecule has 20 heteroatoms. The maximum Gasteiger partial charge on any atom is 0.490 e. The Morgan fingerprint density at radius 3 is 1.66 bits per heavy atom. The molecular formula is C21H37F6N7O7. The molecule has 0 saturated heterocycles. The molecule has 14 nitrogen and oxygen atoms in total. The number of aliphatic imine (C=N–C) groups is 1. The van der Waals surface area contributed by atoms with E-state index in [-0.39, 0.29) is 11.9 Å². The number of amides is 3. The van der Waals surface area contributed by atoms with Crippen LogP contribution in [0.5, 0.6) is 0 Å². The van der Waals surface area contributed by atoms with E-state index in [1.807, 2.05) is 6.92 Å². The second-order valence-corrected chi connectivity index (χ2v) is 7.95. The summed E-state index contributed by atoms with van der Waals surface area (Å²) in [6, 6.07) is -1.25. The van der Waals surface area contributed by atoms with Crippen LogP contribution >= 0.6 is 0 Å². The molecule has 0 rings (SSSR count).